The molecule has 0 radical (unpaired) electrons. The molecule has 278 valence electrons. The van der Waals surface area contributed by atoms with E-state index in [1.807, 2.05) is 0 Å². The minimum absolute atomic E-state index is 0.0642. The van der Waals surface area contributed by atoms with Crippen molar-refractivity contribution in [1.82, 2.24) is 10.2 Å². The largest absolute Gasteiger partial charge is 0.491 e. The molecule has 0 aromatic heterocycles. The molecule has 2 heterocycles. The van der Waals surface area contributed by atoms with E-state index < -0.39 is 29.7 Å². The van der Waals surface area contributed by atoms with Gasteiger partial charge >= 0.3 is 0 Å². The first-order valence-corrected chi connectivity index (χ1v) is 16.9. The molecule has 0 bridgehead atoms. The number of benzene rings is 2. The zero-order chi connectivity index (χ0) is 36.3. The average Bonchev–Trinajstić information content (AvgIpc) is 3.36. The Morgan fingerprint density at radius 3 is 1.82 bits per heavy atom. The van der Waals surface area contributed by atoms with Crippen LogP contribution in [0.25, 0.3) is 0 Å². The third-order valence-electron chi connectivity index (χ3n) is 7.56. The van der Waals surface area contributed by atoms with Crippen LogP contribution in [0.2, 0.25) is 0 Å². The lowest BCUT2D eigenvalue weighted by atomic mass is 10.0. The van der Waals surface area contributed by atoms with Crippen LogP contribution in [0.15, 0.2) is 42.5 Å². The summed E-state index contributed by atoms with van der Waals surface area (Å²) in [4.78, 5) is 61.9. The number of hydrogen-bond donors (Lipinski definition) is 3. The van der Waals surface area contributed by atoms with Crippen LogP contribution in [0.5, 0.6) is 5.75 Å². The molecule has 3 N–H and O–H groups in total. The number of rotatable bonds is 25. The summed E-state index contributed by atoms with van der Waals surface area (Å²) in [5.74, 6) is -1.60. The molecule has 1 atom stereocenters. The summed E-state index contributed by atoms with van der Waals surface area (Å²) in [6.07, 6.45) is 0.166. The quantitative estimate of drug-likeness (QED) is 0.0996. The van der Waals surface area contributed by atoms with Crippen LogP contribution in [-0.2, 0) is 42.8 Å². The van der Waals surface area contributed by atoms with E-state index in [9.17, 15) is 24.0 Å². The molecule has 2 aromatic carbocycles. The van der Waals surface area contributed by atoms with Gasteiger partial charge in [-0.25, -0.2) is 0 Å². The van der Waals surface area contributed by atoms with E-state index in [0.29, 0.717) is 110 Å². The molecule has 1 unspecified atom stereocenters. The molecule has 16 nitrogen and oxygen atoms in total. The summed E-state index contributed by atoms with van der Waals surface area (Å²) >= 11 is 0. The standard InChI is InChI=1S/C35H46N4O12/c1-25(40)37-26-5-7-27(8-6-26)51-24-23-50-22-21-49-20-19-48-18-17-47-16-15-46-14-13-45-12-11-36-29-4-2-3-28-32(29)35(44)39(34(28)43)30-9-10-31(41)38-33(30)42/h2-8,30,36H,9-24H2,1H3,(H,37,40)(H,38,41,42). The van der Waals surface area contributed by atoms with Crippen LogP contribution < -0.4 is 20.7 Å². The highest BCUT2D eigenvalue weighted by Crippen LogP contribution is 2.32. The van der Waals surface area contributed by atoms with Crippen LogP contribution in [-0.4, -0.2) is 133 Å². The molecule has 0 saturated carbocycles. The molecule has 1 fully saturated rings. The van der Waals surface area contributed by atoms with Crippen LogP contribution >= 0.6 is 0 Å². The Morgan fingerprint density at radius 1 is 0.725 bits per heavy atom. The molecular formula is C35H46N4O12. The van der Waals surface area contributed by atoms with E-state index >= 15 is 0 Å². The average molecular weight is 715 g/mol. The predicted octanol–water partition coefficient (Wildman–Crippen LogP) is 1.64. The molecule has 16 heteroatoms. The summed E-state index contributed by atoms with van der Waals surface area (Å²) in [6.45, 7) is 7.29. The number of ether oxygens (including phenoxy) is 7. The monoisotopic (exact) mass is 714 g/mol. The zero-order valence-electron chi connectivity index (χ0n) is 28.8. The van der Waals surface area contributed by atoms with Gasteiger partial charge in [0.2, 0.25) is 17.7 Å². The topological polar surface area (TPSA) is 189 Å². The van der Waals surface area contributed by atoms with E-state index in [-0.39, 0.29) is 29.9 Å². The summed E-state index contributed by atoms with van der Waals surface area (Å²) in [5.41, 5.74) is 1.62. The second kappa shape index (κ2) is 21.7. The highest BCUT2D eigenvalue weighted by Gasteiger charge is 2.45. The van der Waals surface area contributed by atoms with Gasteiger partial charge in [0.25, 0.3) is 11.8 Å². The van der Waals surface area contributed by atoms with E-state index in [1.54, 1.807) is 42.5 Å². The fourth-order valence-electron chi connectivity index (χ4n) is 5.18. The second-order valence-corrected chi connectivity index (χ2v) is 11.3. The number of nitrogens with zero attached hydrogens (tertiary/aromatic N) is 1. The van der Waals surface area contributed by atoms with Crippen LogP contribution in [0.3, 0.4) is 0 Å². The molecule has 4 rings (SSSR count). The van der Waals surface area contributed by atoms with Crippen molar-refractivity contribution in [3.8, 4) is 5.75 Å². The predicted molar refractivity (Wildman–Crippen MR) is 183 cm³/mol. The smallest absolute Gasteiger partial charge is 0.264 e. The van der Waals surface area contributed by atoms with Crippen molar-refractivity contribution in [2.45, 2.75) is 25.8 Å². The molecule has 2 aromatic rings. The number of nitrogens with one attached hydrogen (secondary N) is 3. The summed E-state index contributed by atoms with van der Waals surface area (Å²) in [6, 6.07) is 11.0. The number of carbonyl (C=O) groups excluding carboxylic acids is 5. The Bertz CT molecular complexity index is 1450. The Hall–Kier alpha value is -4.45. The Morgan fingerprint density at radius 2 is 1.27 bits per heavy atom. The fourth-order valence-corrected chi connectivity index (χ4v) is 5.18. The second-order valence-electron chi connectivity index (χ2n) is 11.3. The van der Waals surface area contributed by atoms with E-state index in [2.05, 4.69) is 16.0 Å². The number of hydrogen-bond acceptors (Lipinski definition) is 13. The van der Waals surface area contributed by atoms with Gasteiger partial charge in [-0.3, -0.25) is 34.2 Å². The maximum atomic E-state index is 13.1. The third-order valence-corrected chi connectivity index (χ3v) is 7.56. The maximum Gasteiger partial charge on any atom is 0.264 e. The number of amides is 5. The number of anilines is 2. The van der Waals surface area contributed by atoms with Crippen molar-refractivity contribution in [3.05, 3.63) is 53.6 Å². The zero-order valence-corrected chi connectivity index (χ0v) is 28.8. The van der Waals surface area contributed by atoms with Gasteiger partial charge in [-0.1, -0.05) is 6.07 Å². The lowest BCUT2D eigenvalue weighted by Crippen LogP contribution is -2.54. The first-order valence-electron chi connectivity index (χ1n) is 16.9. The highest BCUT2D eigenvalue weighted by molar-refractivity contribution is 6.25. The van der Waals surface area contributed by atoms with Gasteiger partial charge in [-0.2, -0.15) is 0 Å². The third kappa shape index (κ3) is 13.0. The molecule has 2 aliphatic heterocycles. The van der Waals surface area contributed by atoms with Gasteiger partial charge in [0.1, 0.15) is 18.4 Å². The first-order chi connectivity index (χ1) is 24.8. The molecule has 51 heavy (non-hydrogen) atoms. The summed E-state index contributed by atoms with van der Waals surface area (Å²) in [5, 5.41) is 8.02. The van der Waals surface area contributed by atoms with Gasteiger partial charge in [0.15, 0.2) is 0 Å². The fraction of sp³-hybridized carbons (Fsp3) is 0.514. The van der Waals surface area contributed by atoms with Crippen molar-refractivity contribution in [2.75, 3.05) is 103 Å². The molecule has 1 saturated heterocycles. The lowest BCUT2D eigenvalue weighted by molar-refractivity contribution is -0.136. The number of imide groups is 2. The van der Waals surface area contributed by atoms with E-state index in [1.165, 1.54) is 6.92 Å². The van der Waals surface area contributed by atoms with E-state index in [4.69, 9.17) is 33.2 Å². The van der Waals surface area contributed by atoms with Gasteiger partial charge in [0.05, 0.1) is 90.4 Å². The van der Waals surface area contributed by atoms with Gasteiger partial charge in [-0.05, 0) is 42.8 Å². The Labute approximate surface area is 296 Å². The summed E-state index contributed by atoms with van der Waals surface area (Å²) in [7, 11) is 0. The van der Waals surface area contributed by atoms with Crippen molar-refractivity contribution in [3.63, 3.8) is 0 Å². The van der Waals surface area contributed by atoms with Crippen molar-refractivity contribution >= 4 is 40.9 Å². The van der Waals surface area contributed by atoms with Gasteiger partial charge in [0, 0.05) is 31.3 Å². The van der Waals surface area contributed by atoms with E-state index in [0.717, 1.165) is 4.90 Å². The molecule has 5 amide bonds. The highest BCUT2D eigenvalue weighted by atomic mass is 16.6. The lowest BCUT2D eigenvalue weighted by Gasteiger charge is -2.27. The minimum Gasteiger partial charge on any atom is -0.491 e. The molecule has 0 aliphatic carbocycles. The van der Waals surface area contributed by atoms with Crippen molar-refractivity contribution in [2.24, 2.45) is 0 Å². The molecule has 2 aliphatic rings. The van der Waals surface area contributed by atoms with Crippen molar-refractivity contribution in [1.29, 1.82) is 0 Å². The van der Waals surface area contributed by atoms with Crippen LogP contribution in [0, 0.1) is 0 Å². The number of carbonyl (C=O) groups is 5. The first kappa shape index (κ1) is 39.3. The van der Waals surface area contributed by atoms with Crippen LogP contribution in [0.4, 0.5) is 11.4 Å². The van der Waals surface area contributed by atoms with Gasteiger partial charge < -0.3 is 43.8 Å². The Kier molecular flexibility index (Phi) is 16.7. The summed E-state index contributed by atoms with van der Waals surface area (Å²) < 4.78 is 38.6. The minimum atomic E-state index is -1.01. The van der Waals surface area contributed by atoms with Gasteiger partial charge in [-0.15, -0.1) is 0 Å². The van der Waals surface area contributed by atoms with Crippen LogP contribution in [0.1, 0.15) is 40.5 Å². The number of piperidine rings is 1. The van der Waals surface area contributed by atoms with Crippen molar-refractivity contribution < 1.29 is 57.1 Å². The molecule has 0 spiro atoms. The Balaban J connectivity index is 0.906. The number of fused-ring (bicyclic) bond motifs is 1. The maximum absolute atomic E-state index is 13.1. The normalized spacial score (nSPS) is 15.5. The molecular weight excluding hydrogens is 668 g/mol. The SMILES string of the molecule is CC(=O)Nc1ccc(OCCOCCOCCOCCOCCOCCOCCNc2cccc3c2C(=O)N(C2CCC(=O)NC2=O)C3=O)cc1.